The van der Waals surface area contributed by atoms with E-state index in [1.54, 1.807) is 30.3 Å². The molecule has 0 saturated heterocycles. The third-order valence-corrected chi connectivity index (χ3v) is 4.11. The number of carbonyl (C=O) groups is 2. The molecule has 3 aromatic rings. The molecule has 0 fully saturated rings. The summed E-state index contributed by atoms with van der Waals surface area (Å²) in [6.45, 7) is 1.70. The van der Waals surface area contributed by atoms with Gasteiger partial charge in [-0.1, -0.05) is 42.0 Å². The van der Waals surface area contributed by atoms with Gasteiger partial charge in [0.25, 0.3) is 5.56 Å². The smallest absolute Gasteiger partial charge is 0.339 e. The number of hydrogen-bond donors (Lipinski definition) is 1. The first-order valence-corrected chi connectivity index (χ1v) is 8.60. The fourth-order valence-electron chi connectivity index (χ4n) is 2.65. The number of benzene rings is 2. The van der Waals surface area contributed by atoms with Crippen LogP contribution in [0.3, 0.4) is 0 Å². The minimum absolute atomic E-state index is 0.229. The van der Waals surface area contributed by atoms with Crippen LogP contribution in [0.15, 0.2) is 65.5 Å². The molecule has 1 N–H and O–H groups in total. The monoisotopic (exact) mass is 377 g/mol. The molecule has 3 rings (SSSR count). The van der Waals surface area contributed by atoms with E-state index in [-0.39, 0.29) is 12.1 Å². The SMILES string of the molecule is COC(=O)c1ccccc1NC(=O)Cn1nc(-c2ccc(C)cc2)ccc1=O. The predicted molar refractivity (Wildman–Crippen MR) is 105 cm³/mol. The number of carbonyl (C=O) groups excluding carboxylic acids is 2. The number of nitrogens with zero attached hydrogens (tertiary/aromatic N) is 2. The highest BCUT2D eigenvalue weighted by atomic mass is 16.5. The highest BCUT2D eigenvalue weighted by molar-refractivity contribution is 6.01. The molecule has 0 radical (unpaired) electrons. The zero-order valence-electron chi connectivity index (χ0n) is 15.5. The summed E-state index contributed by atoms with van der Waals surface area (Å²) in [4.78, 5) is 36.4. The van der Waals surface area contributed by atoms with Crippen LogP contribution in [0.1, 0.15) is 15.9 Å². The van der Waals surface area contributed by atoms with Gasteiger partial charge in [0.2, 0.25) is 5.91 Å². The van der Waals surface area contributed by atoms with E-state index in [9.17, 15) is 14.4 Å². The van der Waals surface area contributed by atoms with E-state index >= 15 is 0 Å². The van der Waals surface area contributed by atoms with Gasteiger partial charge in [0.1, 0.15) is 6.54 Å². The second-order valence-corrected chi connectivity index (χ2v) is 6.17. The summed E-state index contributed by atoms with van der Waals surface area (Å²) in [5.41, 5.74) is 2.68. The number of nitrogens with one attached hydrogen (secondary N) is 1. The number of esters is 1. The van der Waals surface area contributed by atoms with Crippen molar-refractivity contribution in [1.82, 2.24) is 9.78 Å². The number of methoxy groups -OCH3 is 1. The average molecular weight is 377 g/mol. The second kappa shape index (κ2) is 8.30. The molecule has 7 heteroatoms. The van der Waals surface area contributed by atoms with Gasteiger partial charge in [-0.15, -0.1) is 0 Å². The third-order valence-electron chi connectivity index (χ3n) is 4.11. The van der Waals surface area contributed by atoms with E-state index in [2.05, 4.69) is 10.4 Å². The molecular weight excluding hydrogens is 358 g/mol. The molecule has 0 aliphatic heterocycles. The number of ether oxygens (including phenoxy) is 1. The van der Waals surface area contributed by atoms with Crippen LogP contribution >= 0.6 is 0 Å². The topological polar surface area (TPSA) is 90.3 Å². The first-order valence-electron chi connectivity index (χ1n) is 8.60. The van der Waals surface area contributed by atoms with Crippen molar-refractivity contribution in [3.05, 3.63) is 82.1 Å². The quantitative estimate of drug-likeness (QED) is 0.691. The van der Waals surface area contributed by atoms with E-state index in [1.807, 2.05) is 31.2 Å². The van der Waals surface area contributed by atoms with Gasteiger partial charge >= 0.3 is 5.97 Å². The van der Waals surface area contributed by atoms with Crippen LogP contribution in [0.4, 0.5) is 5.69 Å². The van der Waals surface area contributed by atoms with E-state index in [1.165, 1.54) is 13.2 Å². The minimum Gasteiger partial charge on any atom is -0.465 e. The largest absolute Gasteiger partial charge is 0.465 e. The molecule has 28 heavy (non-hydrogen) atoms. The van der Waals surface area contributed by atoms with Crippen LogP contribution < -0.4 is 10.9 Å². The van der Waals surface area contributed by atoms with Crippen LogP contribution in [0.2, 0.25) is 0 Å². The van der Waals surface area contributed by atoms with Gasteiger partial charge in [-0.2, -0.15) is 5.10 Å². The minimum atomic E-state index is -0.562. The van der Waals surface area contributed by atoms with Gasteiger partial charge in [0.15, 0.2) is 0 Å². The lowest BCUT2D eigenvalue weighted by atomic mass is 10.1. The van der Waals surface area contributed by atoms with Gasteiger partial charge in [-0.05, 0) is 25.1 Å². The summed E-state index contributed by atoms with van der Waals surface area (Å²) in [6, 6.07) is 17.2. The van der Waals surface area contributed by atoms with E-state index in [0.29, 0.717) is 11.4 Å². The zero-order chi connectivity index (χ0) is 20.1. The Kier molecular flexibility index (Phi) is 5.64. The average Bonchev–Trinajstić information content (AvgIpc) is 2.70. The fraction of sp³-hybridized carbons (Fsp3) is 0.143. The molecule has 1 heterocycles. The number of para-hydroxylation sites is 1. The lowest BCUT2D eigenvalue weighted by Crippen LogP contribution is -2.29. The normalized spacial score (nSPS) is 10.4. The van der Waals surface area contributed by atoms with Crippen molar-refractivity contribution in [3.63, 3.8) is 0 Å². The fourth-order valence-corrected chi connectivity index (χ4v) is 2.65. The van der Waals surface area contributed by atoms with Gasteiger partial charge in [-0.25, -0.2) is 9.48 Å². The lowest BCUT2D eigenvalue weighted by Gasteiger charge is -2.11. The number of anilines is 1. The Morgan fingerprint density at radius 2 is 1.75 bits per heavy atom. The molecule has 142 valence electrons. The molecule has 0 unspecified atom stereocenters. The Bertz CT molecular complexity index is 1070. The van der Waals surface area contributed by atoms with Crippen LogP contribution in [0.25, 0.3) is 11.3 Å². The van der Waals surface area contributed by atoms with Crippen molar-refractivity contribution in [2.24, 2.45) is 0 Å². The highest BCUT2D eigenvalue weighted by Crippen LogP contribution is 2.17. The van der Waals surface area contributed by atoms with Crippen molar-refractivity contribution in [2.75, 3.05) is 12.4 Å². The van der Waals surface area contributed by atoms with Crippen LogP contribution in [0, 0.1) is 6.92 Å². The highest BCUT2D eigenvalue weighted by Gasteiger charge is 2.14. The Balaban J connectivity index is 1.81. The van der Waals surface area contributed by atoms with Gasteiger partial charge < -0.3 is 10.1 Å². The molecule has 2 aromatic carbocycles. The molecular formula is C21H19N3O4. The maximum Gasteiger partial charge on any atom is 0.339 e. The number of aryl methyl sites for hydroxylation is 1. The Morgan fingerprint density at radius 3 is 2.46 bits per heavy atom. The summed E-state index contributed by atoms with van der Waals surface area (Å²) in [7, 11) is 1.26. The number of amides is 1. The summed E-state index contributed by atoms with van der Waals surface area (Å²) in [5.74, 6) is -1.04. The van der Waals surface area contributed by atoms with E-state index < -0.39 is 17.4 Å². The Labute approximate surface area is 161 Å². The number of rotatable bonds is 5. The van der Waals surface area contributed by atoms with Crippen molar-refractivity contribution in [2.45, 2.75) is 13.5 Å². The predicted octanol–water partition coefficient (Wildman–Crippen LogP) is 2.64. The van der Waals surface area contributed by atoms with Crippen molar-refractivity contribution >= 4 is 17.6 Å². The maximum atomic E-state index is 12.4. The lowest BCUT2D eigenvalue weighted by molar-refractivity contribution is -0.117. The molecule has 0 bridgehead atoms. The first-order chi connectivity index (χ1) is 13.5. The van der Waals surface area contributed by atoms with Crippen molar-refractivity contribution in [1.29, 1.82) is 0 Å². The van der Waals surface area contributed by atoms with Gasteiger partial charge in [0, 0.05) is 11.6 Å². The second-order valence-electron chi connectivity index (χ2n) is 6.17. The van der Waals surface area contributed by atoms with E-state index in [0.717, 1.165) is 15.8 Å². The molecule has 0 aliphatic carbocycles. The molecule has 7 nitrogen and oxygen atoms in total. The van der Waals surface area contributed by atoms with Gasteiger partial charge in [0.05, 0.1) is 24.1 Å². The van der Waals surface area contributed by atoms with E-state index in [4.69, 9.17) is 4.74 Å². The Hall–Kier alpha value is -3.74. The summed E-state index contributed by atoms with van der Waals surface area (Å²) in [5, 5.41) is 6.91. The van der Waals surface area contributed by atoms with Crippen LogP contribution in [-0.4, -0.2) is 28.8 Å². The molecule has 0 spiro atoms. The summed E-state index contributed by atoms with van der Waals surface area (Å²) < 4.78 is 5.80. The molecule has 1 aromatic heterocycles. The number of hydrogen-bond acceptors (Lipinski definition) is 5. The summed E-state index contributed by atoms with van der Waals surface area (Å²) >= 11 is 0. The summed E-state index contributed by atoms with van der Waals surface area (Å²) in [6.07, 6.45) is 0. The number of aromatic nitrogens is 2. The maximum absolute atomic E-state index is 12.4. The third kappa shape index (κ3) is 4.32. The van der Waals surface area contributed by atoms with Crippen LogP contribution in [-0.2, 0) is 16.1 Å². The van der Waals surface area contributed by atoms with Gasteiger partial charge in [-0.3, -0.25) is 9.59 Å². The first kappa shape index (κ1) is 19.0. The van der Waals surface area contributed by atoms with Crippen molar-refractivity contribution < 1.29 is 14.3 Å². The standard InChI is InChI=1S/C21H19N3O4/c1-14-7-9-15(10-8-14)17-11-12-20(26)24(23-17)13-19(25)22-18-6-4-3-5-16(18)21(27)28-2/h3-12H,13H2,1-2H3,(H,22,25). The molecule has 0 aliphatic rings. The molecule has 0 atom stereocenters. The zero-order valence-corrected chi connectivity index (χ0v) is 15.5. The van der Waals surface area contributed by atoms with Crippen LogP contribution in [0.5, 0.6) is 0 Å². The van der Waals surface area contributed by atoms with Crippen molar-refractivity contribution in [3.8, 4) is 11.3 Å². The molecule has 1 amide bonds. The Morgan fingerprint density at radius 1 is 1.04 bits per heavy atom. The molecule has 0 saturated carbocycles.